The van der Waals surface area contributed by atoms with Crippen LogP contribution >= 0.6 is 0 Å². The first-order valence-electron chi connectivity index (χ1n) is 8.98. The molecule has 0 radical (unpaired) electrons. The van der Waals surface area contributed by atoms with Crippen molar-refractivity contribution in [2.75, 3.05) is 11.4 Å². The molecule has 8 heteroatoms. The molecule has 1 aliphatic heterocycles. The molecule has 1 heterocycles. The molecular weight excluding hydrogens is 363 g/mol. The number of nitrogens with one attached hydrogen (secondary N) is 3. The summed E-state index contributed by atoms with van der Waals surface area (Å²) in [7, 11) is 0. The third kappa shape index (κ3) is 5.29. The Kier molecular flexibility index (Phi) is 6.21. The fourth-order valence-corrected chi connectivity index (χ4v) is 2.90. The first-order valence-corrected chi connectivity index (χ1v) is 8.98. The van der Waals surface area contributed by atoms with E-state index in [1.807, 2.05) is 24.3 Å². The summed E-state index contributed by atoms with van der Waals surface area (Å²) in [5, 5.41) is 2.63. The second-order valence-corrected chi connectivity index (χ2v) is 6.47. The summed E-state index contributed by atoms with van der Waals surface area (Å²) in [4.78, 5) is 37.1. The zero-order chi connectivity index (χ0) is 19.9. The quantitative estimate of drug-likeness (QED) is 0.689. The predicted molar refractivity (Wildman–Crippen MR) is 102 cm³/mol. The van der Waals surface area contributed by atoms with Crippen LogP contribution in [0.15, 0.2) is 48.5 Å². The van der Waals surface area contributed by atoms with Crippen LogP contribution in [0.2, 0.25) is 0 Å². The second kappa shape index (κ2) is 8.98. The van der Waals surface area contributed by atoms with Crippen molar-refractivity contribution in [1.82, 2.24) is 16.2 Å². The van der Waals surface area contributed by atoms with Crippen LogP contribution in [-0.2, 0) is 22.6 Å². The van der Waals surface area contributed by atoms with Crippen molar-refractivity contribution in [2.45, 2.75) is 25.8 Å². The third-order valence-electron chi connectivity index (χ3n) is 4.37. The van der Waals surface area contributed by atoms with Gasteiger partial charge in [-0.2, -0.15) is 0 Å². The van der Waals surface area contributed by atoms with E-state index in [-0.39, 0.29) is 24.7 Å². The van der Waals surface area contributed by atoms with Gasteiger partial charge in [0.15, 0.2) is 0 Å². The molecular formula is C20H21FN4O3. The number of amides is 4. The number of hydrogen-bond acceptors (Lipinski definition) is 3. The van der Waals surface area contributed by atoms with Crippen LogP contribution < -0.4 is 21.1 Å². The van der Waals surface area contributed by atoms with Crippen molar-refractivity contribution in [3.8, 4) is 0 Å². The molecule has 0 saturated carbocycles. The molecule has 0 bridgehead atoms. The van der Waals surface area contributed by atoms with Crippen LogP contribution in [0.5, 0.6) is 0 Å². The number of halogens is 1. The lowest BCUT2D eigenvalue weighted by Gasteiger charge is -2.16. The summed E-state index contributed by atoms with van der Waals surface area (Å²) in [5.74, 6) is -0.662. The Morgan fingerprint density at radius 3 is 2.29 bits per heavy atom. The SMILES string of the molecule is O=C(Cc1ccc(F)cc1)NNC(=O)NCc1ccc(N2CCCC2=O)cc1. The lowest BCUT2D eigenvalue weighted by molar-refractivity contribution is -0.121. The number of anilines is 1. The monoisotopic (exact) mass is 384 g/mol. The van der Waals surface area contributed by atoms with Gasteiger partial charge in [0.25, 0.3) is 0 Å². The lowest BCUT2D eigenvalue weighted by atomic mass is 10.1. The Bertz CT molecular complexity index is 853. The second-order valence-electron chi connectivity index (χ2n) is 6.47. The van der Waals surface area contributed by atoms with E-state index in [1.54, 1.807) is 4.90 Å². The molecule has 7 nitrogen and oxygen atoms in total. The summed E-state index contributed by atoms with van der Waals surface area (Å²) >= 11 is 0. The Labute approximate surface area is 161 Å². The number of hydrazine groups is 1. The molecule has 146 valence electrons. The van der Waals surface area contributed by atoms with E-state index in [0.29, 0.717) is 12.0 Å². The zero-order valence-electron chi connectivity index (χ0n) is 15.2. The van der Waals surface area contributed by atoms with Gasteiger partial charge in [0.1, 0.15) is 5.82 Å². The maximum atomic E-state index is 12.8. The van der Waals surface area contributed by atoms with Gasteiger partial charge in [0.05, 0.1) is 6.42 Å². The predicted octanol–water partition coefficient (Wildman–Crippen LogP) is 2.03. The molecule has 1 saturated heterocycles. The van der Waals surface area contributed by atoms with Crippen molar-refractivity contribution in [1.29, 1.82) is 0 Å². The van der Waals surface area contributed by atoms with E-state index in [4.69, 9.17) is 0 Å². The topological polar surface area (TPSA) is 90.5 Å². The van der Waals surface area contributed by atoms with E-state index in [0.717, 1.165) is 24.2 Å². The van der Waals surface area contributed by atoms with Crippen molar-refractivity contribution in [3.63, 3.8) is 0 Å². The highest BCUT2D eigenvalue weighted by atomic mass is 19.1. The van der Waals surface area contributed by atoms with E-state index >= 15 is 0 Å². The minimum Gasteiger partial charge on any atom is -0.333 e. The maximum Gasteiger partial charge on any atom is 0.333 e. The highest BCUT2D eigenvalue weighted by molar-refractivity contribution is 5.95. The van der Waals surface area contributed by atoms with Gasteiger partial charge in [0, 0.05) is 25.2 Å². The minimum atomic E-state index is -0.550. The fourth-order valence-electron chi connectivity index (χ4n) is 2.90. The number of benzene rings is 2. The highest BCUT2D eigenvalue weighted by Crippen LogP contribution is 2.21. The Morgan fingerprint density at radius 1 is 0.964 bits per heavy atom. The largest absolute Gasteiger partial charge is 0.333 e. The van der Waals surface area contributed by atoms with Crippen LogP contribution in [0.1, 0.15) is 24.0 Å². The van der Waals surface area contributed by atoms with Gasteiger partial charge >= 0.3 is 6.03 Å². The fraction of sp³-hybridized carbons (Fsp3) is 0.250. The molecule has 1 aliphatic rings. The lowest BCUT2D eigenvalue weighted by Crippen LogP contribution is -2.47. The van der Waals surface area contributed by atoms with Gasteiger partial charge in [-0.3, -0.25) is 15.0 Å². The first kappa shape index (κ1) is 19.3. The third-order valence-corrected chi connectivity index (χ3v) is 4.37. The van der Waals surface area contributed by atoms with Gasteiger partial charge in [-0.05, 0) is 41.8 Å². The van der Waals surface area contributed by atoms with Crippen molar-refractivity contribution < 1.29 is 18.8 Å². The summed E-state index contributed by atoms with van der Waals surface area (Å²) in [5.41, 5.74) is 6.92. The molecule has 28 heavy (non-hydrogen) atoms. The molecule has 2 aromatic carbocycles. The van der Waals surface area contributed by atoms with Gasteiger partial charge in [-0.15, -0.1) is 0 Å². The Hall–Kier alpha value is -3.42. The van der Waals surface area contributed by atoms with Crippen LogP contribution in [0, 0.1) is 5.82 Å². The maximum absolute atomic E-state index is 12.8. The van der Waals surface area contributed by atoms with Crippen molar-refractivity contribution in [3.05, 3.63) is 65.5 Å². The molecule has 0 unspecified atom stereocenters. The number of carbonyl (C=O) groups excluding carboxylic acids is 3. The summed E-state index contributed by atoms with van der Waals surface area (Å²) < 4.78 is 12.8. The molecule has 4 amide bonds. The zero-order valence-corrected chi connectivity index (χ0v) is 15.2. The summed E-state index contributed by atoms with van der Waals surface area (Å²) in [6.07, 6.45) is 1.47. The van der Waals surface area contributed by atoms with Gasteiger partial charge in [-0.1, -0.05) is 24.3 Å². The van der Waals surface area contributed by atoms with E-state index in [2.05, 4.69) is 16.2 Å². The standard InChI is InChI=1S/C20H21FN4O3/c21-16-7-3-14(4-8-16)12-18(26)23-24-20(28)22-13-15-5-9-17(10-6-15)25-11-1-2-19(25)27/h3-10H,1-2,11-13H2,(H,23,26)(H2,22,24,28). The van der Waals surface area contributed by atoms with Crippen LogP contribution in [0.3, 0.4) is 0 Å². The smallest absolute Gasteiger partial charge is 0.333 e. The normalized spacial score (nSPS) is 13.3. The molecule has 0 spiro atoms. The number of rotatable bonds is 5. The number of urea groups is 1. The molecule has 2 aromatic rings. The average molecular weight is 384 g/mol. The first-order chi connectivity index (χ1) is 13.5. The van der Waals surface area contributed by atoms with Crippen molar-refractivity contribution in [2.24, 2.45) is 0 Å². The number of hydrogen-bond donors (Lipinski definition) is 3. The van der Waals surface area contributed by atoms with E-state index in [1.165, 1.54) is 24.3 Å². The van der Waals surface area contributed by atoms with Gasteiger partial charge in [-0.25, -0.2) is 14.6 Å². The minimum absolute atomic E-state index is 0.0250. The van der Waals surface area contributed by atoms with Gasteiger partial charge < -0.3 is 10.2 Å². The van der Waals surface area contributed by atoms with Crippen LogP contribution in [0.25, 0.3) is 0 Å². The number of nitrogens with zero attached hydrogens (tertiary/aromatic N) is 1. The number of carbonyl (C=O) groups is 3. The summed E-state index contributed by atoms with van der Waals surface area (Å²) in [6.45, 7) is 1.00. The Balaban J connectivity index is 1.39. The molecule has 0 atom stereocenters. The van der Waals surface area contributed by atoms with Gasteiger partial charge in [0.2, 0.25) is 11.8 Å². The van der Waals surface area contributed by atoms with E-state index < -0.39 is 11.9 Å². The molecule has 3 N–H and O–H groups in total. The van der Waals surface area contributed by atoms with Crippen LogP contribution in [0.4, 0.5) is 14.9 Å². The molecule has 0 aromatic heterocycles. The highest BCUT2D eigenvalue weighted by Gasteiger charge is 2.21. The van der Waals surface area contributed by atoms with Crippen LogP contribution in [-0.4, -0.2) is 24.4 Å². The van der Waals surface area contributed by atoms with E-state index in [9.17, 15) is 18.8 Å². The molecule has 1 fully saturated rings. The molecule has 0 aliphatic carbocycles. The summed E-state index contributed by atoms with van der Waals surface area (Å²) in [6, 6.07) is 12.4. The van der Waals surface area contributed by atoms with Crippen molar-refractivity contribution >= 4 is 23.5 Å². The molecule has 3 rings (SSSR count). The Morgan fingerprint density at radius 2 is 1.64 bits per heavy atom. The average Bonchev–Trinajstić information content (AvgIpc) is 3.13.